The molecule has 1 aliphatic carbocycles. The van der Waals surface area contributed by atoms with Crippen molar-refractivity contribution in [3.8, 4) is 0 Å². The van der Waals surface area contributed by atoms with Crippen LogP contribution in [0.1, 0.15) is 54.8 Å². The van der Waals surface area contributed by atoms with Crippen molar-refractivity contribution in [2.45, 2.75) is 50.0 Å². The molecule has 0 amide bonds. The molecule has 0 bridgehead atoms. The summed E-state index contributed by atoms with van der Waals surface area (Å²) in [5.74, 6) is 0.660. The standard InChI is InChI=1S/C21H29N3O/c1-23-20-9-5-6-17(19(20)16-22-23)10-13-24-14-11-21(25,12-15-24)18-7-3-2-4-8-18/h2-4,7-8,16-17,25H,5-6,9-15H2,1H3. The second kappa shape index (κ2) is 6.93. The Morgan fingerprint density at radius 2 is 1.96 bits per heavy atom. The van der Waals surface area contributed by atoms with Gasteiger partial charge >= 0.3 is 0 Å². The smallest absolute Gasteiger partial charge is 0.0920 e. The van der Waals surface area contributed by atoms with Crippen LogP contribution in [0.2, 0.25) is 0 Å². The van der Waals surface area contributed by atoms with Crippen molar-refractivity contribution in [1.29, 1.82) is 0 Å². The van der Waals surface area contributed by atoms with Gasteiger partial charge in [-0.1, -0.05) is 30.3 Å². The molecule has 0 saturated carbocycles. The summed E-state index contributed by atoms with van der Waals surface area (Å²) in [6.45, 7) is 3.10. The third-order valence-electron chi connectivity index (χ3n) is 6.29. The fourth-order valence-corrected chi connectivity index (χ4v) is 4.62. The van der Waals surface area contributed by atoms with Gasteiger partial charge in [0.15, 0.2) is 0 Å². The molecule has 0 radical (unpaired) electrons. The van der Waals surface area contributed by atoms with E-state index in [-0.39, 0.29) is 0 Å². The molecule has 1 saturated heterocycles. The first-order valence-electron chi connectivity index (χ1n) is 9.67. The number of fused-ring (bicyclic) bond motifs is 1. The highest BCUT2D eigenvalue weighted by Gasteiger charge is 2.34. The summed E-state index contributed by atoms with van der Waals surface area (Å²) >= 11 is 0. The summed E-state index contributed by atoms with van der Waals surface area (Å²) in [5, 5.41) is 15.4. The summed E-state index contributed by atoms with van der Waals surface area (Å²) in [4.78, 5) is 2.53. The number of piperidine rings is 1. The molecule has 1 aromatic heterocycles. The lowest BCUT2D eigenvalue weighted by molar-refractivity contribution is -0.0263. The SMILES string of the molecule is Cn1ncc2c1CCCC2CCN1CCC(O)(c2ccccc2)CC1. The Bertz CT molecular complexity index is 701. The molecule has 4 heteroatoms. The van der Waals surface area contributed by atoms with E-state index in [1.807, 2.05) is 18.2 Å². The van der Waals surface area contributed by atoms with Gasteiger partial charge in [-0.25, -0.2) is 0 Å². The van der Waals surface area contributed by atoms with E-state index in [2.05, 4.69) is 40.1 Å². The van der Waals surface area contributed by atoms with Gasteiger partial charge in [0.05, 0.1) is 11.8 Å². The molecule has 1 atom stereocenters. The predicted molar refractivity (Wildman–Crippen MR) is 99.5 cm³/mol. The summed E-state index contributed by atoms with van der Waals surface area (Å²) in [6.07, 6.45) is 8.72. The third kappa shape index (κ3) is 3.38. The van der Waals surface area contributed by atoms with Crippen LogP contribution in [0, 0.1) is 0 Å². The number of likely N-dealkylation sites (tertiary alicyclic amines) is 1. The Kier molecular flexibility index (Phi) is 4.65. The van der Waals surface area contributed by atoms with Gasteiger partial charge in [0, 0.05) is 25.8 Å². The Morgan fingerprint density at radius 1 is 1.20 bits per heavy atom. The van der Waals surface area contributed by atoms with E-state index in [0.717, 1.165) is 38.0 Å². The van der Waals surface area contributed by atoms with Crippen LogP contribution in [-0.2, 0) is 19.1 Å². The summed E-state index contributed by atoms with van der Waals surface area (Å²) in [6, 6.07) is 10.2. The van der Waals surface area contributed by atoms with Crippen molar-refractivity contribution in [2.24, 2.45) is 7.05 Å². The zero-order chi connectivity index (χ0) is 17.3. The van der Waals surface area contributed by atoms with Crippen LogP contribution in [0.3, 0.4) is 0 Å². The molecular formula is C21H29N3O. The first kappa shape index (κ1) is 16.8. The zero-order valence-electron chi connectivity index (χ0n) is 15.2. The molecule has 4 rings (SSSR count). The van der Waals surface area contributed by atoms with Gasteiger partial charge in [-0.05, 0) is 62.1 Å². The van der Waals surface area contributed by atoms with Crippen molar-refractivity contribution >= 4 is 0 Å². The molecule has 0 spiro atoms. The van der Waals surface area contributed by atoms with Gasteiger partial charge in [-0.2, -0.15) is 5.10 Å². The molecule has 4 nitrogen and oxygen atoms in total. The Morgan fingerprint density at radius 3 is 2.72 bits per heavy atom. The molecule has 1 aliphatic heterocycles. The van der Waals surface area contributed by atoms with E-state index in [1.165, 1.54) is 36.9 Å². The Hall–Kier alpha value is -1.65. The highest BCUT2D eigenvalue weighted by atomic mass is 16.3. The highest BCUT2D eigenvalue weighted by molar-refractivity contribution is 5.25. The van der Waals surface area contributed by atoms with Crippen molar-refractivity contribution in [2.75, 3.05) is 19.6 Å². The maximum Gasteiger partial charge on any atom is 0.0920 e. The molecule has 2 aliphatic rings. The fourth-order valence-electron chi connectivity index (χ4n) is 4.62. The van der Waals surface area contributed by atoms with Gasteiger partial charge in [0.25, 0.3) is 0 Å². The van der Waals surface area contributed by atoms with Crippen LogP contribution in [0.15, 0.2) is 36.5 Å². The lowest BCUT2D eigenvalue weighted by Gasteiger charge is -2.39. The second-order valence-corrected chi connectivity index (χ2v) is 7.79. The zero-order valence-corrected chi connectivity index (χ0v) is 15.2. The first-order chi connectivity index (χ1) is 12.2. The van der Waals surface area contributed by atoms with Gasteiger partial charge in [-0.15, -0.1) is 0 Å². The molecule has 2 aromatic rings. The molecule has 1 fully saturated rings. The number of rotatable bonds is 4. The molecule has 134 valence electrons. The van der Waals surface area contributed by atoms with Crippen LogP contribution in [0.25, 0.3) is 0 Å². The number of aromatic nitrogens is 2. The fraction of sp³-hybridized carbons (Fsp3) is 0.571. The highest BCUT2D eigenvalue weighted by Crippen LogP contribution is 2.35. The number of nitrogens with zero attached hydrogens (tertiary/aromatic N) is 3. The number of aliphatic hydroxyl groups is 1. The second-order valence-electron chi connectivity index (χ2n) is 7.79. The van der Waals surface area contributed by atoms with E-state index in [4.69, 9.17) is 0 Å². The molecule has 2 heterocycles. The van der Waals surface area contributed by atoms with Crippen LogP contribution in [0.4, 0.5) is 0 Å². The van der Waals surface area contributed by atoms with Crippen LogP contribution >= 0.6 is 0 Å². The number of benzene rings is 1. The quantitative estimate of drug-likeness (QED) is 0.930. The van der Waals surface area contributed by atoms with E-state index < -0.39 is 5.60 Å². The van der Waals surface area contributed by atoms with Gasteiger partial charge in [-0.3, -0.25) is 4.68 Å². The van der Waals surface area contributed by atoms with Crippen molar-refractivity contribution < 1.29 is 5.11 Å². The average Bonchev–Trinajstić information content (AvgIpc) is 3.04. The molecule has 25 heavy (non-hydrogen) atoms. The van der Waals surface area contributed by atoms with Crippen LogP contribution in [-0.4, -0.2) is 39.4 Å². The Labute approximate surface area is 150 Å². The van der Waals surface area contributed by atoms with E-state index >= 15 is 0 Å². The topological polar surface area (TPSA) is 41.3 Å². The van der Waals surface area contributed by atoms with Crippen LogP contribution in [0.5, 0.6) is 0 Å². The van der Waals surface area contributed by atoms with Crippen molar-refractivity contribution in [1.82, 2.24) is 14.7 Å². The van der Waals surface area contributed by atoms with E-state index in [9.17, 15) is 5.11 Å². The lowest BCUT2D eigenvalue weighted by atomic mass is 9.83. The molecule has 1 unspecified atom stereocenters. The molecule has 1 N–H and O–H groups in total. The minimum atomic E-state index is -0.640. The maximum absolute atomic E-state index is 11.0. The normalized spacial score (nSPS) is 23.4. The summed E-state index contributed by atoms with van der Waals surface area (Å²) in [7, 11) is 2.07. The number of aryl methyl sites for hydroxylation is 1. The van der Waals surface area contributed by atoms with Gasteiger partial charge < -0.3 is 10.0 Å². The molecule has 1 aromatic carbocycles. The maximum atomic E-state index is 11.0. The van der Waals surface area contributed by atoms with Gasteiger partial charge in [0.2, 0.25) is 0 Å². The first-order valence-corrected chi connectivity index (χ1v) is 9.67. The summed E-state index contributed by atoms with van der Waals surface area (Å²) in [5.41, 5.74) is 3.35. The van der Waals surface area contributed by atoms with Crippen molar-refractivity contribution in [3.63, 3.8) is 0 Å². The Balaban J connectivity index is 1.33. The minimum absolute atomic E-state index is 0.640. The number of hydrogen-bond donors (Lipinski definition) is 1. The van der Waals surface area contributed by atoms with Crippen LogP contribution < -0.4 is 0 Å². The molecular weight excluding hydrogens is 310 g/mol. The van der Waals surface area contributed by atoms with Gasteiger partial charge in [0.1, 0.15) is 0 Å². The minimum Gasteiger partial charge on any atom is -0.385 e. The third-order valence-corrected chi connectivity index (χ3v) is 6.29. The lowest BCUT2D eigenvalue weighted by Crippen LogP contribution is -2.43. The van der Waals surface area contributed by atoms with E-state index in [1.54, 1.807) is 0 Å². The van der Waals surface area contributed by atoms with Crippen molar-refractivity contribution in [3.05, 3.63) is 53.3 Å². The summed E-state index contributed by atoms with van der Waals surface area (Å²) < 4.78 is 2.06. The monoisotopic (exact) mass is 339 g/mol. The largest absolute Gasteiger partial charge is 0.385 e. The number of hydrogen-bond acceptors (Lipinski definition) is 3. The average molecular weight is 339 g/mol. The predicted octanol–water partition coefficient (Wildman–Crippen LogP) is 3.21. The van der Waals surface area contributed by atoms with E-state index in [0.29, 0.717) is 5.92 Å².